The number of benzene rings is 8. The van der Waals surface area contributed by atoms with Gasteiger partial charge >= 0.3 is 0 Å². The second-order valence-electron chi connectivity index (χ2n) is 15.4. The number of aryl methyl sites for hydroxylation is 4. The van der Waals surface area contributed by atoms with E-state index in [0.29, 0.717) is 0 Å². The Morgan fingerprint density at radius 2 is 0.661 bits per heavy atom. The van der Waals surface area contributed by atoms with Gasteiger partial charge in [0.2, 0.25) is 0 Å². The van der Waals surface area contributed by atoms with Crippen LogP contribution in [0.4, 0.5) is 0 Å². The third kappa shape index (κ3) is 5.91. The van der Waals surface area contributed by atoms with Crippen LogP contribution in [0.3, 0.4) is 0 Å². The van der Waals surface area contributed by atoms with Crippen LogP contribution >= 0.6 is 0 Å². The van der Waals surface area contributed by atoms with Crippen LogP contribution in [0.1, 0.15) is 33.4 Å². The van der Waals surface area contributed by atoms with Crippen molar-refractivity contribution >= 4 is 55.8 Å². The number of rotatable bonds is 6. The second-order valence-corrected chi connectivity index (χ2v) is 15.4. The minimum atomic E-state index is 1.17. The summed E-state index contributed by atoms with van der Waals surface area (Å²) in [7, 11) is 0. The molecule has 0 amide bonds. The van der Waals surface area contributed by atoms with Crippen molar-refractivity contribution in [3.05, 3.63) is 203 Å². The van der Waals surface area contributed by atoms with Gasteiger partial charge < -0.3 is 9.13 Å². The summed E-state index contributed by atoms with van der Waals surface area (Å²) in [5, 5.41) is 5.21. The lowest BCUT2D eigenvalue weighted by molar-refractivity contribution is 1.18. The van der Waals surface area contributed by atoms with Crippen LogP contribution in [0, 0.1) is 27.7 Å². The molecule has 0 radical (unpaired) electrons. The van der Waals surface area contributed by atoms with Gasteiger partial charge in [-0.25, -0.2) is 0 Å². The standard InChI is InChI=1S/C54H42N2/c1-35-8-26-51-47(30-35)48-31-36(2)9-27-52(48)55(51)45-24-22-42(23-25-45)41-18-14-39(15-19-41)12-13-40-16-20-43(21-17-40)44-6-5-7-46(34-44)56-53-28-10-37(3)32-49(53)50-33-38(4)11-29-54(50)56/h5-34H,1-4H3. The molecule has 0 bridgehead atoms. The van der Waals surface area contributed by atoms with Crippen molar-refractivity contribution in [3.63, 3.8) is 0 Å². The van der Waals surface area contributed by atoms with E-state index in [-0.39, 0.29) is 0 Å². The van der Waals surface area contributed by atoms with E-state index >= 15 is 0 Å². The zero-order chi connectivity index (χ0) is 37.9. The van der Waals surface area contributed by atoms with E-state index in [0.717, 1.165) is 0 Å². The fraction of sp³-hybridized carbons (Fsp3) is 0.0741. The molecule has 0 saturated heterocycles. The molecule has 10 rings (SSSR count). The summed E-state index contributed by atoms with van der Waals surface area (Å²) in [6.07, 6.45) is 4.39. The maximum absolute atomic E-state index is 2.40. The van der Waals surface area contributed by atoms with Crippen molar-refractivity contribution in [3.8, 4) is 33.6 Å². The van der Waals surface area contributed by atoms with Crippen LogP contribution < -0.4 is 0 Å². The molecule has 2 heterocycles. The molecule has 10 aromatic rings. The Morgan fingerprint density at radius 3 is 1.07 bits per heavy atom. The molecule has 2 heteroatoms. The number of nitrogens with zero attached hydrogens (tertiary/aromatic N) is 2. The van der Waals surface area contributed by atoms with E-state index in [1.54, 1.807) is 0 Å². The van der Waals surface area contributed by atoms with Crippen molar-refractivity contribution in [1.29, 1.82) is 0 Å². The highest BCUT2D eigenvalue weighted by molar-refractivity contribution is 6.10. The third-order valence-electron chi connectivity index (χ3n) is 11.3. The van der Waals surface area contributed by atoms with E-state index in [9.17, 15) is 0 Å². The molecular weight excluding hydrogens is 677 g/mol. The summed E-state index contributed by atoms with van der Waals surface area (Å²) in [5.41, 5.74) is 19.6. The molecular formula is C54H42N2. The second kappa shape index (κ2) is 13.4. The Labute approximate surface area is 328 Å². The highest BCUT2D eigenvalue weighted by Crippen LogP contribution is 2.36. The predicted molar refractivity (Wildman–Crippen MR) is 240 cm³/mol. The Kier molecular flexibility index (Phi) is 8.08. The van der Waals surface area contributed by atoms with Crippen LogP contribution in [-0.2, 0) is 0 Å². The highest BCUT2D eigenvalue weighted by Gasteiger charge is 2.15. The Hall–Kier alpha value is -6.90. The lowest BCUT2D eigenvalue weighted by Gasteiger charge is -2.11. The van der Waals surface area contributed by atoms with Gasteiger partial charge in [-0.15, -0.1) is 0 Å². The summed E-state index contributed by atoms with van der Waals surface area (Å²) in [6.45, 7) is 8.67. The molecule has 0 atom stereocenters. The Balaban J connectivity index is 0.871. The van der Waals surface area contributed by atoms with Gasteiger partial charge in [0.25, 0.3) is 0 Å². The summed E-state index contributed by atoms with van der Waals surface area (Å²) in [4.78, 5) is 0. The first-order valence-corrected chi connectivity index (χ1v) is 19.5. The first-order valence-electron chi connectivity index (χ1n) is 19.5. The number of hydrogen-bond acceptors (Lipinski definition) is 0. The topological polar surface area (TPSA) is 9.86 Å². The molecule has 0 aliphatic heterocycles. The Bertz CT molecular complexity index is 3010. The molecule has 268 valence electrons. The molecule has 0 N–H and O–H groups in total. The van der Waals surface area contributed by atoms with Crippen molar-refractivity contribution in [1.82, 2.24) is 9.13 Å². The van der Waals surface area contributed by atoms with Crippen LogP contribution in [0.25, 0.3) is 89.4 Å². The van der Waals surface area contributed by atoms with Crippen molar-refractivity contribution in [2.75, 3.05) is 0 Å². The van der Waals surface area contributed by atoms with Gasteiger partial charge in [0.15, 0.2) is 0 Å². The van der Waals surface area contributed by atoms with Gasteiger partial charge in [0, 0.05) is 32.9 Å². The number of fused-ring (bicyclic) bond motifs is 6. The first-order chi connectivity index (χ1) is 27.4. The molecule has 0 aliphatic carbocycles. The average molecular weight is 719 g/mol. The van der Waals surface area contributed by atoms with Gasteiger partial charge in [-0.1, -0.05) is 131 Å². The lowest BCUT2D eigenvalue weighted by atomic mass is 10.0. The molecule has 0 saturated carbocycles. The SMILES string of the molecule is Cc1ccc2c(c1)c1cc(C)ccc1n2-c1ccc(-c2ccc(C=Cc3ccc(-c4cccc(-n5c6ccc(C)cc6c6cc(C)ccc65)c4)cc3)cc2)cc1. The summed E-state index contributed by atoms with van der Waals surface area (Å²) < 4.78 is 4.79. The van der Waals surface area contributed by atoms with Gasteiger partial charge in [-0.2, -0.15) is 0 Å². The molecule has 0 unspecified atom stereocenters. The van der Waals surface area contributed by atoms with E-state index in [4.69, 9.17) is 0 Å². The minimum Gasteiger partial charge on any atom is -0.309 e. The van der Waals surface area contributed by atoms with Crippen molar-refractivity contribution in [2.24, 2.45) is 0 Å². The zero-order valence-electron chi connectivity index (χ0n) is 32.2. The minimum absolute atomic E-state index is 1.17. The smallest absolute Gasteiger partial charge is 0.0541 e. The average Bonchev–Trinajstić information content (AvgIpc) is 3.71. The van der Waals surface area contributed by atoms with Gasteiger partial charge in [-0.05, 0) is 134 Å². The molecule has 2 aromatic heterocycles. The summed E-state index contributed by atoms with van der Waals surface area (Å²) >= 11 is 0. The number of aromatic nitrogens is 2. The number of hydrogen-bond donors (Lipinski definition) is 0. The highest BCUT2D eigenvalue weighted by atomic mass is 15.0. The van der Waals surface area contributed by atoms with Gasteiger partial charge in [0.1, 0.15) is 0 Å². The predicted octanol–water partition coefficient (Wildman–Crippen LogP) is 14.6. The molecule has 0 spiro atoms. The molecule has 0 aliphatic rings. The third-order valence-corrected chi connectivity index (χ3v) is 11.3. The molecule has 56 heavy (non-hydrogen) atoms. The molecule has 2 nitrogen and oxygen atoms in total. The summed E-state index contributed by atoms with van der Waals surface area (Å²) in [5.74, 6) is 0. The maximum atomic E-state index is 2.40. The first kappa shape index (κ1) is 33.7. The van der Waals surface area contributed by atoms with Crippen molar-refractivity contribution < 1.29 is 0 Å². The van der Waals surface area contributed by atoms with Crippen LogP contribution in [0.5, 0.6) is 0 Å². The van der Waals surface area contributed by atoms with Crippen LogP contribution in [0.15, 0.2) is 170 Å². The quantitative estimate of drug-likeness (QED) is 0.152. The fourth-order valence-electron chi connectivity index (χ4n) is 8.45. The largest absolute Gasteiger partial charge is 0.309 e. The van der Waals surface area contributed by atoms with E-state index < -0.39 is 0 Å². The maximum Gasteiger partial charge on any atom is 0.0541 e. The fourth-order valence-corrected chi connectivity index (χ4v) is 8.45. The van der Waals surface area contributed by atoms with Crippen LogP contribution in [0.2, 0.25) is 0 Å². The van der Waals surface area contributed by atoms with E-state index in [2.05, 4.69) is 219 Å². The van der Waals surface area contributed by atoms with Gasteiger partial charge in [0.05, 0.1) is 22.1 Å². The van der Waals surface area contributed by atoms with Crippen molar-refractivity contribution in [2.45, 2.75) is 27.7 Å². The van der Waals surface area contributed by atoms with E-state index in [1.165, 1.54) is 111 Å². The molecule has 0 fully saturated rings. The Morgan fingerprint density at radius 1 is 0.304 bits per heavy atom. The van der Waals surface area contributed by atoms with E-state index in [1.807, 2.05) is 0 Å². The zero-order valence-corrected chi connectivity index (χ0v) is 32.2. The monoisotopic (exact) mass is 718 g/mol. The van der Waals surface area contributed by atoms with Gasteiger partial charge in [-0.3, -0.25) is 0 Å². The summed E-state index contributed by atoms with van der Waals surface area (Å²) in [6, 6.07) is 62.7. The molecule has 8 aromatic carbocycles. The lowest BCUT2D eigenvalue weighted by Crippen LogP contribution is -1.94. The van der Waals surface area contributed by atoms with Crippen LogP contribution in [-0.4, -0.2) is 9.13 Å². The normalized spacial score (nSPS) is 11.9.